The van der Waals surface area contributed by atoms with Gasteiger partial charge >= 0.3 is 5.97 Å². The molecule has 18 heavy (non-hydrogen) atoms. The number of nitrogens with two attached hydrogens (primary N) is 1. The summed E-state index contributed by atoms with van der Waals surface area (Å²) in [5.41, 5.74) is 6.48. The van der Waals surface area contributed by atoms with E-state index in [0.717, 1.165) is 4.90 Å². The zero-order valence-corrected chi connectivity index (χ0v) is 9.80. The van der Waals surface area contributed by atoms with Crippen molar-refractivity contribution < 1.29 is 19.1 Å². The van der Waals surface area contributed by atoms with Gasteiger partial charge in [0, 0.05) is 12.6 Å². The summed E-state index contributed by atoms with van der Waals surface area (Å²) >= 11 is 0. The first-order valence-corrected chi connectivity index (χ1v) is 5.40. The summed E-state index contributed by atoms with van der Waals surface area (Å²) in [7, 11) is 0. The lowest BCUT2D eigenvalue weighted by Crippen LogP contribution is -2.33. The van der Waals surface area contributed by atoms with Gasteiger partial charge in [0.05, 0.1) is 17.7 Å². The van der Waals surface area contributed by atoms with Crippen LogP contribution < -0.4 is 5.73 Å². The van der Waals surface area contributed by atoms with Crippen molar-refractivity contribution in [1.29, 1.82) is 0 Å². The summed E-state index contributed by atoms with van der Waals surface area (Å²) < 4.78 is 4.71. The third-order valence-electron chi connectivity index (χ3n) is 2.65. The molecule has 1 aliphatic heterocycles. The summed E-state index contributed by atoms with van der Waals surface area (Å²) in [6.45, 7) is 1.28. The molecule has 2 rings (SSSR count). The van der Waals surface area contributed by atoms with Crippen molar-refractivity contribution in [3.63, 3.8) is 0 Å². The van der Waals surface area contributed by atoms with E-state index < -0.39 is 17.8 Å². The van der Waals surface area contributed by atoms with E-state index in [1.54, 1.807) is 18.2 Å². The zero-order chi connectivity index (χ0) is 13.3. The van der Waals surface area contributed by atoms with Gasteiger partial charge in [0.1, 0.15) is 6.61 Å². The zero-order valence-electron chi connectivity index (χ0n) is 9.80. The Bertz CT molecular complexity index is 539. The van der Waals surface area contributed by atoms with E-state index in [4.69, 9.17) is 10.5 Å². The van der Waals surface area contributed by atoms with E-state index in [9.17, 15) is 14.4 Å². The van der Waals surface area contributed by atoms with Crippen LogP contribution in [0.25, 0.3) is 0 Å². The van der Waals surface area contributed by atoms with Crippen LogP contribution in [0.3, 0.4) is 0 Å². The summed E-state index contributed by atoms with van der Waals surface area (Å²) in [5.74, 6) is -1.30. The lowest BCUT2D eigenvalue weighted by atomic mass is 10.1. The van der Waals surface area contributed by atoms with Crippen LogP contribution in [0, 0.1) is 0 Å². The predicted octanol–water partition coefficient (Wildman–Crippen LogP) is 0.428. The minimum atomic E-state index is -0.453. The molecule has 6 nitrogen and oxygen atoms in total. The fourth-order valence-electron chi connectivity index (χ4n) is 1.84. The molecule has 0 bridgehead atoms. The number of nitrogens with zero attached hydrogens (tertiary/aromatic N) is 1. The van der Waals surface area contributed by atoms with E-state index in [2.05, 4.69) is 0 Å². The molecule has 0 aromatic heterocycles. The summed E-state index contributed by atoms with van der Waals surface area (Å²) in [6, 6.07) is 4.74. The summed E-state index contributed by atoms with van der Waals surface area (Å²) in [4.78, 5) is 35.6. The number of rotatable bonds is 3. The Kier molecular flexibility index (Phi) is 3.01. The number of ether oxygens (including phenoxy) is 1. The van der Waals surface area contributed by atoms with Gasteiger partial charge in [0.2, 0.25) is 0 Å². The molecule has 0 spiro atoms. The van der Waals surface area contributed by atoms with Crippen molar-refractivity contribution in [3.8, 4) is 0 Å². The molecule has 0 aliphatic carbocycles. The number of anilines is 1. The maximum absolute atomic E-state index is 12.0. The van der Waals surface area contributed by atoms with Crippen LogP contribution in [-0.2, 0) is 9.53 Å². The third-order valence-corrected chi connectivity index (χ3v) is 2.65. The van der Waals surface area contributed by atoms with E-state index in [1.807, 2.05) is 0 Å². The SMILES string of the molecule is CC(=O)OCCN1C(=O)c2cccc(N)c2C1=O. The average Bonchev–Trinajstić information content (AvgIpc) is 2.55. The first kappa shape index (κ1) is 12.1. The Morgan fingerprint density at radius 1 is 1.33 bits per heavy atom. The topological polar surface area (TPSA) is 89.7 Å². The van der Waals surface area contributed by atoms with Gasteiger partial charge in [-0.1, -0.05) is 6.07 Å². The highest BCUT2D eigenvalue weighted by Crippen LogP contribution is 2.27. The Labute approximate surface area is 103 Å². The third kappa shape index (κ3) is 1.92. The number of fused-ring (bicyclic) bond motifs is 1. The van der Waals surface area contributed by atoms with Gasteiger partial charge in [0.15, 0.2) is 0 Å². The second kappa shape index (κ2) is 4.48. The van der Waals surface area contributed by atoms with Crippen LogP contribution in [0.4, 0.5) is 5.69 Å². The second-order valence-electron chi connectivity index (χ2n) is 3.87. The van der Waals surface area contributed by atoms with Crippen molar-refractivity contribution in [2.24, 2.45) is 0 Å². The highest BCUT2D eigenvalue weighted by molar-refractivity contribution is 6.23. The molecular weight excluding hydrogens is 236 g/mol. The Hall–Kier alpha value is -2.37. The van der Waals surface area contributed by atoms with E-state index >= 15 is 0 Å². The molecule has 0 saturated carbocycles. The Morgan fingerprint density at radius 3 is 2.67 bits per heavy atom. The molecule has 6 heteroatoms. The molecule has 1 aromatic rings. The van der Waals surface area contributed by atoms with Gasteiger partial charge in [-0.2, -0.15) is 0 Å². The van der Waals surface area contributed by atoms with Crippen LogP contribution in [-0.4, -0.2) is 35.8 Å². The Morgan fingerprint density at radius 2 is 2.06 bits per heavy atom. The van der Waals surface area contributed by atoms with Gasteiger partial charge in [-0.3, -0.25) is 19.3 Å². The molecule has 1 heterocycles. The molecular formula is C12H12N2O4. The molecule has 2 N–H and O–H groups in total. The molecule has 94 valence electrons. The van der Waals surface area contributed by atoms with Crippen molar-refractivity contribution in [3.05, 3.63) is 29.3 Å². The minimum Gasteiger partial charge on any atom is -0.464 e. The number of amides is 2. The Balaban J connectivity index is 2.18. The van der Waals surface area contributed by atoms with Crippen molar-refractivity contribution in [2.45, 2.75) is 6.92 Å². The maximum atomic E-state index is 12.0. The van der Waals surface area contributed by atoms with Crippen LogP contribution in [0.2, 0.25) is 0 Å². The first-order valence-electron chi connectivity index (χ1n) is 5.40. The molecule has 2 amide bonds. The number of esters is 1. The van der Waals surface area contributed by atoms with Crippen molar-refractivity contribution in [2.75, 3.05) is 18.9 Å². The molecule has 0 fully saturated rings. The van der Waals surface area contributed by atoms with Crippen LogP contribution in [0.1, 0.15) is 27.6 Å². The highest BCUT2D eigenvalue weighted by Gasteiger charge is 2.36. The molecule has 1 aromatic carbocycles. The molecule has 0 unspecified atom stereocenters. The summed E-state index contributed by atoms with van der Waals surface area (Å²) in [6.07, 6.45) is 0. The molecule has 0 saturated heterocycles. The average molecular weight is 248 g/mol. The van der Waals surface area contributed by atoms with Gasteiger partial charge in [-0.05, 0) is 12.1 Å². The van der Waals surface area contributed by atoms with E-state index in [-0.39, 0.29) is 24.4 Å². The number of benzene rings is 1. The predicted molar refractivity (Wildman–Crippen MR) is 62.9 cm³/mol. The normalized spacial score (nSPS) is 13.7. The monoisotopic (exact) mass is 248 g/mol. The number of carbonyl (C=O) groups is 3. The van der Waals surface area contributed by atoms with Gasteiger partial charge in [0.25, 0.3) is 11.8 Å². The van der Waals surface area contributed by atoms with Gasteiger partial charge < -0.3 is 10.5 Å². The van der Waals surface area contributed by atoms with Gasteiger partial charge in [-0.25, -0.2) is 0 Å². The number of imide groups is 1. The van der Waals surface area contributed by atoms with Crippen LogP contribution in [0.5, 0.6) is 0 Å². The standard InChI is InChI=1S/C12H12N2O4/c1-7(15)18-6-5-14-11(16)8-3-2-4-9(13)10(8)12(14)17/h2-4H,5-6,13H2,1H3. The van der Waals surface area contributed by atoms with Crippen molar-refractivity contribution in [1.82, 2.24) is 4.90 Å². The number of hydrogen-bond donors (Lipinski definition) is 1. The minimum absolute atomic E-state index is 0.0132. The quantitative estimate of drug-likeness (QED) is 0.476. The van der Waals surface area contributed by atoms with E-state index in [0.29, 0.717) is 5.56 Å². The fourth-order valence-corrected chi connectivity index (χ4v) is 1.84. The molecule has 1 aliphatic rings. The lowest BCUT2D eigenvalue weighted by Gasteiger charge is -2.13. The van der Waals surface area contributed by atoms with Crippen LogP contribution >= 0.6 is 0 Å². The lowest BCUT2D eigenvalue weighted by molar-refractivity contribution is -0.141. The maximum Gasteiger partial charge on any atom is 0.302 e. The second-order valence-corrected chi connectivity index (χ2v) is 3.87. The number of hydrogen-bond acceptors (Lipinski definition) is 5. The number of nitrogen functional groups attached to an aromatic ring is 1. The van der Waals surface area contributed by atoms with Gasteiger partial charge in [-0.15, -0.1) is 0 Å². The van der Waals surface area contributed by atoms with Crippen molar-refractivity contribution >= 4 is 23.5 Å². The van der Waals surface area contributed by atoms with Crippen LogP contribution in [0.15, 0.2) is 18.2 Å². The largest absolute Gasteiger partial charge is 0.464 e. The fraction of sp³-hybridized carbons (Fsp3) is 0.250. The highest BCUT2D eigenvalue weighted by atomic mass is 16.5. The van der Waals surface area contributed by atoms with E-state index in [1.165, 1.54) is 6.92 Å². The summed E-state index contributed by atoms with van der Waals surface area (Å²) in [5, 5.41) is 0. The first-order chi connectivity index (χ1) is 8.52. The smallest absolute Gasteiger partial charge is 0.302 e. The molecule has 0 radical (unpaired) electrons. The number of carbonyl (C=O) groups excluding carboxylic acids is 3. The molecule has 0 atom stereocenters.